The molecule has 1 aromatic rings. The molecule has 0 radical (unpaired) electrons. The van der Waals surface area contributed by atoms with Crippen LogP contribution in [0.3, 0.4) is 0 Å². The van der Waals surface area contributed by atoms with Gasteiger partial charge in [0.2, 0.25) is 11.8 Å². The molecule has 0 aliphatic rings. The fraction of sp³-hybridized carbons (Fsp3) is 0.522. The summed E-state index contributed by atoms with van der Waals surface area (Å²) in [6, 6.07) is 7.20. The highest BCUT2D eigenvalue weighted by atomic mass is 16.5. The molecule has 0 aliphatic carbocycles. The van der Waals surface area contributed by atoms with Crippen molar-refractivity contribution in [3.8, 4) is 0 Å². The number of benzene rings is 1. The topological polar surface area (TPSA) is 119 Å². The van der Waals surface area contributed by atoms with Crippen molar-refractivity contribution in [3.63, 3.8) is 0 Å². The van der Waals surface area contributed by atoms with Gasteiger partial charge in [0.05, 0.1) is 19.6 Å². The molecule has 31 heavy (non-hydrogen) atoms. The summed E-state index contributed by atoms with van der Waals surface area (Å²) in [6.45, 7) is 3.97. The lowest BCUT2D eigenvalue weighted by Gasteiger charge is -2.08. The van der Waals surface area contributed by atoms with Crippen molar-refractivity contribution in [2.24, 2.45) is 0 Å². The predicted octanol–water partition coefficient (Wildman–Crippen LogP) is 2.39. The minimum absolute atomic E-state index is 0.0267. The first kappa shape index (κ1) is 26.2. The second kappa shape index (κ2) is 15.0. The minimum Gasteiger partial charge on any atom is -0.379 e. The molecule has 8 heteroatoms. The number of amides is 2. The number of ketones is 3. The van der Waals surface area contributed by atoms with E-state index >= 15 is 0 Å². The summed E-state index contributed by atoms with van der Waals surface area (Å²) in [5.74, 6) is -0.461. The molecule has 0 saturated carbocycles. The number of aryl methyl sites for hydroxylation is 1. The van der Waals surface area contributed by atoms with Crippen LogP contribution in [0.15, 0.2) is 24.3 Å². The van der Waals surface area contributed by atoms with Crippen LogP contribution in [-0.2, 0) is 35.1 Å². The summed E-state index contributed by atoms with van der Waals surface area (Å²) < 4.78 is 5.22. The van der Waals surface area contributed by atoms with Crippen molar-refractivity contribution in [1.29, 1.82) is 0 Å². The van der Waals surface area contributed by atoms with Gasteiger partial charge in [-0.2, -0.15) is 0 Å². The normalized spacial score (nSPS) is 10.4. The Morgan fingerprint density at radius 1 is 0.806 bits per heavy atom. The molecule has 0 atom stereocenters. The summed E-state index contributed by atoms with van der Waals surface area (Å²) in [7, 11) is 0. The number of rotatable bonds is 16. The van der Waals surface area contributed by atoms with Gasteiger partial charge in [-0.3, -0.25) is 24.0 Å². The number of carbonyl (C=O) groups is 5. The number of anilines is 1. The van der Waals surface area contributed by atoms with E-state index in [1.807, 2.05) is 12.1 Å². The summed E-state index contributed by atoms with van der Waals surface area (Å²) in [4.78, 5) is 57.0. The van der Waals surface area contributed by atoms with Gasteiger partial charge in [0, 0.05) is 37.9 Å². The molecule has 0 unspecified atom stereocenters. The van der Waals surface area contributed by atoms with E-state index in [0.717, 1.165) is 5.56 Å². The Hall–Kier alpha value is -2.87. The molecular formula is C23H32N2O6. The van der Waals surface area contributed by atoms with E-state index < -0.39 is 0 Å². The van der Waals surface area contributed by atoms with Gasteiger partial charge in [-0.1, -0.05) is 12.1 Å². The van der Waals surface area contributed by atoms with Crippen LogP contribution in [0.4, 0.5) is 5.69 Å². The number of carbonyl (C=O) groups excluding carboxylic acids is 5. The van der Waals surface area contributed by atoms with Gasteiger partial charge < -0.3 is 15.4 Å². The van der Waals surface area contributed by atoms with Gasteiger partial charge in [-0.15, -0.1) is 0 Å². The summed E-state index contributed by atoms with van der Waals surface area (Å²) >= 11 is 0. The standard InChI is InChI=1S/C23H32N2O6/c1-17(26)12-14-31-15-13-24-22(29)4-3-5-23(30)25-20-9-6-19(7-10-20)8-11-21(28)16-18(2)27/h6-7,9-10H,3-5,8,11-16H2,1-2H3,(H,24,29)(H,25,30). The van der Waals surface area contributed by atoms with E-state index in [-0.39, 0.29) is 48.4 Å². The maximum absolute atomic E-state index is 12.0. The molecule has 0 aliphatic heterocycles. The zero-order chi connectivity index (χ0) is 23.1. The monoisotopic (exact) mass is 432 g/mol. The van der Waals surface area contributed by atoms with Gasteiger partial charge in [0.25, 0.3) is 0 Å². The van der Waals surface area contributed by atoms with Crippen molar-refractivity contribution >= 4 is 34.9 Å². The third kappa shape index (κ3) is 13.9. The third-order valence-corrected chi connectivity index (χ3v) is 4.35. The fourth-order valence-corrected chi connectivity index (χ4v) is 2.71. The van der Waals surface area contributed by atoms with Crippen LogP contribution in [0.1, 0.15) is 57.9 Å². The van der Waals surface area contributed by atoms with Crippen molar-refractivity contribution < 1.29 is 28.7 Å². The first-order chi connectivity index (χ1) is 14.8. The van der Waals surface area contributed by atoms with Crippen LogP contribution >= 0.6 is 0 Å². The molecule has 8 nitrogen and oxygen atoms in total. The Labute approximate surface area is 183 Å². The molecule has 0 spiro atoms. The Morgan fingerprint density at radius 3 is 2.13 bits per heavy atom. The number of Topliss-reactive ketones (excluding diaryl/α,β-unsaturated/α-hetero) is 3. The van der Waals surface area contributed by atoms with Gasteiger partial charge in [0.1, 0.15) is 17.3 Å². The summed E-state index contributed by atoms with van der Waals surface area (Å²) in [6.07, 6.45) is 2.11. The molecule has 2 amide bonds. The molecule has 0 fully saturated rings. The molecule has 0 saturated heterocycles. The van der Waals surface area contributed by atoms with Crippen molar-refractivity contribution in [2.75, 3.05) is 25.1 Å². The Kier molecular flexibility index (Phi) is 12.7. The Morgan fingerprint density at radius 2 is 1.48 bits per heavy atom. The van der Waals surface area contributed by atoms with Crippen LogP contribution in [0, 0.1) is 0 Å². The largest absolute Gasteiger partial charge is 0.379 e. The van der Waals surface area contributed by atoms with E-state index in [1.165, 1.54) is 13.8 Å². The predicted molar refractivity (Wildman–Crippen MR) is 117 cm³/mol. The zero-order valence-corrected chi connectivity index (χ0v) is 18.3. The maximum Gasteiger partial charge on any atom is 0.224 e. The summed E-state index contributed by atoms with van der Waals surface area (Å²) in [5, 5.41) is 5.49. The second-order valence-electron chi connectivity index (χ2n) is 7.43. The van der Waals surface area contributed by atoms with E-state index in [2.05, 4.69) is 10.6 Å². The molecule has 2 N–H and O–H groups in total. The quantitative estimate of drug-likeness (QED) is 0.306. The van der Waals surface area contributed by atoms with E-state index in [9.17, 15) is 24.0 Å². The van der Waals surface area contributed by atoms with Gasteiger partial charge in [-0.25, -0.2) is 0 Å². The number of ether oxygens (including phenoxy) is 1. The molecule has 1 aromatic carbocycles. The van der Waals surface area contributed by atoms with Crippen LogP contribution < -0.4 is 10.6 Å². The van der Waals surface area contributed by atoms with Crippen LogP contribution in [-0.4, -0.2) is 48.9 Å². The zero-order valence-electron chi connectivity index (χ0n) is 18.3. The smallest absolute Gasteiger partial charge is 0.224 e. The first-order valence-electron chi connectivity index (χ1n) is 10.5. The average Bonchev–Trinajstić information content (AvgIpc) is 2.69. The van der Waals surface area contributed by atoms with Gasteiger partial charge >= 0.3 is 0 Å². The number of hydrogen-bond donors (Lipinski definition) is 2. The van der Waals surface area contributed by atoms with E-state index in [4.69, 9.17) is 4.74 Å². The second-order valence-corrected chi connectivity index (χ2v) is 7.43. The highest BCUT2D eigenvalue weighted by Gasteiger charge is 2.08. The van der Waals surface area contributed by atoms with Crippen LogP contribution in [0.2, 0.25) is 0 Å². The van der Waals surface area contributed by atoms with Crippen LogP contribution in [0.5, 0.6) is 0 Å². The van der Waals surface area contributed by atoms with E-state index in [0.29, 0.717) is 51.1 Å². The Bertz CT molecular complexity index is 758. The molecule has 0 bridgehead atoms. The molecular weight excluding hydrogens is 400 g/mol. The molecule has 1 rings (SSSR count). The highest BCUT2D eigenvalue weighted by molar-refractivity contribution is 5.98. The first-order valence-corrected chi connectivity index (χ1v) is 10.5. The molecule has 0 aromatic heterocycles. The summed E-state index contributed by atoms with van der Waals surface area (Å²) in [5.41, 5.74) is 1.60. The highest BCUT2D eigenvalue weighted by Crippen LogP contribution is 2.12. The molecule has 170 valence electrons. The van der Waals surface area contributed by atoms with Gasteiger partial charge in [0.15, 0.2) is 0 Å². The fourth-order valence-electron chi connectivity index (χ4n) is 2.71. The third-order valence-electron chi connectivity index (χ3n) is 4.35. The lowest BCUT2D eigenvalue weighted by Crippen LogP contribution is -2.27. The number of nitrogens with one attached hydrogen (secondary N) is 2. The lowest BCUT2D eigenvalue weighted by molar-refractivity contribution is -0.126. The van der Waals surface area contributed by atoms with Crippen molar-refractivity contribution in [1.82, 2.24) is 5.32 Å². The lowest BCUT2D eigenvalue weighted by atomic mass is 10.0. The SMILES string of the molecule is CC(=O)CCOCCNC(=O)CCCC(=O)Nc1ccc(CCC(=O)CC(C)=O)cc1. The van der Waals surface area contributed by atoms with Crippen LogP contribution in [0.25, 0.3) is 0 Å². The number of hydrogen-bond acceptors (Lipinski definition) is 6. The van der Waals surface area contributed by atoms with E-state index in [1.54, 1.807) is 12.1 Å². The Balaban J connectivity index is 2.17. The van der Waals surface area contributed by atoms with Crippen molar-refractivity contribution in [2.45, 2.75) is 58.8 Å². The van der Waals surface area contributed by atoms with Crippen molar-refractivity contribution in [3.05, 3.63) is 29.8 Å². The molecule has 0 heterocycles. The maximum atomic E-state index is 12.0. The average molecular weight is 433 g/mol. The van der Waals surface area contributed by atoms with Gasteiger partial charge in [-0.05, 0) is 44.4 Å². The minimum atomic E-state index is -0.176.